The Morgan fingerprint density at radius 3 is 0.950 bits per heavy atom. The summed E-state index contributed by atoms with van der Waals surface area (Å²) in [6, 6.07) is 17.4. The Balaban J connectivity index is 0. The fourth-order valence-electron chi connectivity index (χ4n) is 0.856. The van der Waals surface area contributed by atoms with Crippen molar-refractivity contribution in [2.75, 3.05) is 0 Å². The van der Waals surface area contributed by atoms with Crippen LogP contribution in [-0.2, 0) is 9.59 Å². The quantitative estimate of drug-likeness (QED) is 0.435. The zero-order chi connectivity index (χ0) is 15.6. The molecule has 2 aromatic carbocycles. The zero-order valence-electron chi connectivity index (χ0n) is 10.5. The molecule has 20 heavy (non-hydrogen) atoms. The Morgan fingerprint density at radius 2 is 0.850 bits per heavy atom. The Morgan fingerprint density at radius 1 is 0.650 bits per heavy atom. The van der Waals surface area contributed by atoms with Crippen molar-refractivity contribution in [3.8, 4) is 11.5 Å². The van der Waals surface area contributed by atoms with Crippen LogP contribution in [0.5, 0.6) is 11.5 Å². The van der Waals surface area contributed by atoms with Gasteiger partial charge in [-0.25, -0.2) is 20.4 Å². The molecule has 6 nitrogen and oxygen atoms in total. The predicted molar refractivity (Wildman–Crippen MR) is 73.0 cm³/mol. The lowest BCUT2D eigenvalue weighted by Crippen LogP contribution is -1.56. The Kier molecular flexibility index (Phi) is 15.1. The summed E-state index contributed by atoms with van der Waals surface area (Å²) >= 11 is 0. The van der Waals surface area contributed by atoms with Gasteiger partial charge >= 0.3 is 0 Å². The summed E-state index contributed by atoms with van der Waals surface area (Å²) in [6.07, 6.45) is 1.50. The number of aromatic hydroxyl groups is 2. The molecule has 0 saturated heterocycles. The van der Waals surface area contributed by atoms with E-state index in [1.165, 1.54) is 0 Å². The maximum absolute atomic E-state index is 8.63. The van der Waals surface area contributed by atoms with Gasteiger partial charge in [-0.3, -0.25) is 0 Å². The van der Waals surface area contributed by atoms with Crippen molar-refractivity contribution in [2.45, 2.75) is 0 Å². The lowest BCUT2D eigenvalue weighted by atomic mass is 10.3. The molecular weight excluding hydrogens is 260 g/mol. The van der Waals surface area contributed by atoms with Gasteiger partial charge in [-0.2, -0.15) is 0 Å². The molecule has 2 rings (SSSR count). The molecule has 0 aromatic heterocycles. The van der Waals surface area contributed by atoms with Crippen LogP contribution in [0.3, 0.4) is 0 Å². The molecule has 6 heteroatoms. The number of nitrogens with one attached hydrogen (secondary N) is 2. The Hall–Kier alpha value is -3.20. The lowest BCUT2D eigenvalue weighted by molar-refractivity contribution is 0.475. The normalized spacial score (nSPS) is 6.80. The molecule has 0 aliphatic carbocycles. The van der Waals surface area contributed by atoms with Gasteiger partial charge < -0.3 is 10.2 Å². The molecular formula is C14H14N2O4. The maximum Gasteiger partial charge on any atom is 0.231 e. The summed E-state index contributed by atoms with van der Waals surface area (Å²) in [4.78, 5) is 16.7. The van der Waals surface area contributed by atoms with Crippen LogP contribution in [0.25, 0.3) is 0 Å². The molecule has 4 N–H and O–H groups in total. The third-order valence-electron chi connectivity index (χ3n) is 1.51. The highest BCUT2D eigenvalue weighted by molar-refractivity contribution is 5.26. The third kappa shape index (κ3) is 17.2. The van der Waals surface area contributed by atoms with E-state index in [2.05, 4.69) is 0 Å². The minimum Gasteiger partial charge on any atom is -0.508 e. The number of para-hydroxylation sites is 2. The Bertz CT molecular complexity index is 454. The first kappa shape index (κ1) is 19.1. The van der Waals surface area contributed by atoms with Gasteiger partial charge in [0.05, 0.1) is 0 Å². The number of phenols is 2. The molecule has 0 spiro atoms. The van der Waals surface area contributed by atoms with Crippen LogP contribution in [-0.4, -0.2) is 22.4 Å². The van der Waals surface area contributed by atoms with Crippen molar-refractivity contribution in [2.24, 2.45) is 0 Å². The lowest BCUT2D eigenvalue weighted by Gasteiger charge is -1.82. The average molecular weight is 274 g/mol. The maximum atomic E-state index is 8.63. The second-order valence-electron chi connectivity index (χ2n) is 2.88. The minimum atomic E-state index is 0.322. The number of hydrogen-bond acceptors (Lipinski definition) is 6. The molecule has 0 saturated carbocycles. The van der Waals surface area contributed by atoms with Crippen molar-refractivity contribution < 1.29 is 19.8 Å². The van der Waals surface area contributed by atoms with E-state index < -0.39 is 0 Å². The van der Waals surface area contributed by atoms with Crippen molar-refractivity contribution in [3.63, 3.8) is 0 Å². The van der Waals surface area contributed by atoms with Crippen molar-refractivity contribution in [1.82, 2.24) is 0 Å². The number of rotatable bonds is 0. The molecule has 104 valence electrons. The number of benzene rings is 2. The topological polar surface area (TPSA) is 122 Å². The third-order valence-corrected chi connectivity index (χ3v) is 1.51. The molecule has 0 bridgehead atoms. The van der Waals surface area contributed by atoms with Crippen LogP contribution >= 0.6 is 0 Å². The smallest absolute Gasteiger partial charge is 0.231 e. The van der Waals surface area contributed by atoms with Crippen LogP contribution in [0, 0.1) is 10.8 Å². The standard InChI is InChI=1S/2C6H6O.2CHNO/c2*7-6-4-2-1-3-5-6;2*2-1-3/h2*1-5,7H;2*2H. The summed E-state index contributed by atoms with van der Waals surface area (Å²) in [5, 5.41) is 28.1. The summed E-state index contributed by atoms with van der Waals surface area (Å²) < 4.78 is 0. The number of carbonyl (C=O) groups excluding carboxylic acids is 2. The highest BCUT2D eigenvalue weighted by Gasteiger charge is 1.75. The van der Waals surface area contributed by atoms with Gasteiger partial charge in [-0.15, -0.1) is 0 Å². The SMILES string of the molecule is N=C=O.N=C=O.Oc1ccccc1.Oc1ccccc1. The van der Waals surface area contributed by atoms with Crippen molar-refractivity contribution in [1.29, 1.82) is 10.8 Å². The first-order valence-corrected chi connectivity index (χ1v) is 5.18. The highest BCUT2D eigenvalue weighted by atomic mass is 16.3. The van der Waals surface area contributed by atoms with E-state index in [9.17, 15) is 0 Å². The van der Waals surface area contributed by atoms with Crippen LogP contribution in [0.15, 0.2) is 60.7 Å². The second-order valence-corrected chi connectivity index (χ2v) is 2.88. The monoisotopic (exact) mass is 274 g/mol. The van der Waals surface area contributed by atoms with E-state index in [1.54, 1.807) is 48.5 Å². The summed E-state index contributed by atoms with van der Waals surface area (Å²) in [5.74, 6) is 0.644. The predicted octanol–water partition coefficient (Wildman–Crippen LogP) is 2.59. The molecule has 0 atom stereocenters. The largest absolute Gasteiger partial charge is 0.508 e. The van der Waals surface area contributed by atoms with Crippen molar-refractivity contribution in [3.05, 3.63) is 60.7 Å². The first-order chi connectivity index (χ1) is 9.62. The fraction of sp³-hybridized carbons (Fsp3) is 0. The Labute approximate surface area is 116 Å². The summed E-state index contributed by atoms with van der Waals surface area (Å²) in [6.45, 7) is 0. The van der Waals surface area contributed by atoms with Gasteiger partial charge in [-0.05, 0) is 24.3 Å². The second kappa shape index (κ2) is 15.8. The van der Waals surface area contributed by atoms with Crippen LogP contribution in [0.4, 0.5) is 0 Å². The van der Waals surface area contributed by atoms with E-state index in [-0.39, 0.29) is 0 Å². The molecule has 0 radical (unpaired) electrons. The van der Waals surface area contributed by atoms with Crippen LogP contribution in [0.2, 0.25) is 0 Å². The van der Waals surface area contributed by atoms with Gasteiger partial charge in [0.2, 0.25) is 12.2 Å². The van der Waals surface area contributed by atoms with Crippen LogP contribution in [0.1, 0.15) is 0 Å². The van der Waals surface area contributed by atoms with E-state index in [0.717, 1.165) is 12.2 Å². The van der Waals surface area contributed by atoms with Gasteiger partial charge in [-0.1, -0.05) is 36.4 Å². The molecule has 0 amide bonds. The highest BCUT2D eigenvalue weighted by Crippen LogP contribution is 2.03. The molecule has 0 aliphatic rings. The average Bonchev–Trinajstić information content (AvgIpc) is 2.43. The van der Waals surface area contributed by atoms with E-state index >= 15 is 0 Å². The van der Waals surface area contributed by atoms with Gasteiger partial charge in [0.1, 0.15) is 11.5 Å². The van der Waals surface area contributed by atoms with Crippen LogP contribution < -0.4 is 0 Å². The fourth-order valence-corrected chi connectivity index (χ4v) is 0.856. The zero-order valence-corrected chi connectivity index (χ0v) is 10.5. The number of hydrogen-bond donors (Lipinski definition) is 4. The molecule has 2 aromatic rings. The first-order valence-electron chi connectivity index (χ1n) is 5.18. The molecule has 0 unspecified atom stereocenters. The minimum absolute atomic E-state index is 0.322. The van der Waals surface area contributed by atoms with Gasteiger partial charge in [0.15, 0.2) is 0 Å². The molecule has 0 fully saturated rings. The van der Waals surface area contributed by atoms with Gasteiger partial charge in [0.25, 0.3) is 0 Å². The van der Waals surface area contributed by atoms with Crippen molar-refractivity contribution >= 4 is 12.2 Å². The van der Waals surface area contributed by atoms with E-state index in [0.29, 0.717) is 11.5 Å². The summed E-state index contributed by atoms with van der Waals surface area (Å²) in [5.41, 5.74) is 0. The number of isocyanates is 2. The molecule has 0 aliphatic heterocycles. The van der Waals surface area contributed by atoms with E-state index in [1.807, 2.05) is 12.1 Å². The van der Waals surface area contributed by atoms with E-state index in [4.69, 9.17) is 30.6 Å². The van der Waals surface area contributed by atoms with Gasteiger partial charge in [0, 0.05) is 0 Å². The summed E-state index contributed by atoms with van der Waals surface area (Å²) in [7, 11) is 0. The number of phenolic OH excluding ortho intramolecular Hbond substituents is 2. The molecule has 0 heterocycles.